The van der Waals surface area contributed by atoms with Gasteiger partial charge in [-0.05, 0) is 77.4 Å². The van der Waals surface area contributed by atoms with Crippen molar-refractivity contribution in [2.75, 3.05) is 4.90 Å². The molecule has 9 aromatic carbocycles. The second-order valence-electron chi connectivity index (χ2n) is 14.9. The van der Waals surface area contributed by atoms with Crippen LogP contribution in [-0.4, -0.2) is 4.57 Å². The van der Waals surface area contributed by atoms with E-state index < -0.39 is 0 Å². The summed E-state index contributed by atoms with van der Waals surface area (Å²) in [5.74, 6) is 0. The Balaban J connectivity index is 1.03. The molecule has 0 bridgehead atoms. The van der Waals surface area contributed by atoms with Gasteiger partial charge in [-0.2, -0.15) is 0 Å². The number of para-hydroxylation sites is 4. The molecular weight excluding hydrogens is 725 g/mol. The first-order valence-corrected chi connectivity index (χ1v) is 20.5. The summed E-state index contributed by atoms with van der Waals surface area (Å²) in [5, 5.41) is 7.30. The van der Waals surface area contributed by atoms with Gasteiger partial charge in [0.05, 0.1) is 22.4 Å². The quantitative estimate of drug-likeness (QED) is 0.168. The number of thiophene rings is 1. The molecule has 12 rings (SSSR count). The highest BCUT2D eigenvalue weighted by Gasteiger charge is 2.21. The second-order valence-corrected chi connectivity index (χ2v) is 16.0. The molecule has 4 heteroatoms. The van der Waals surface area contributed by atoms with Gasteiger partial charge in [0.2, 0.25) is 0 Å². The van der Waals surface area contributed by atoms with Crippen molar-refractivity contribution >= 4 is 92.3 Å². The maximum Gasteiger partial charge on any atom is 0.159 e. The SMILES string of the molecule is c1ccc(-c2ccc(-c3ccc(N(c4ccc5c(c4)sc4ccccc45)c4cccc5c4oc4ccccc45)cc3)cc2-n2c3ccccc3c3ccccc32)cc1. The summed E-state index contributed by atoms with van der Waals surface area (Å²) >= 11 is 1.84. The summed E-state index contributed by atoms with van der Waals surface area (Å²) in [6.45, 7) is 0. The van der Waals surface area contributed by atoms with Crippen LogP contribution in [0.3, 0.4) is 0 Å². The normalized spacial score (nSPS) is 11.8. The van der Waals surface area contributed by atoms with E-state index in [1.165, 1.54) is 53.1 Å². The molecule has 58 heavy (non-hydrogen) atoms. The van der Waals surface area contributed by atoms with Crippen molar-refractivity contribution in [3.05, 3.63) is 206 Å². The molecule has 0 aliphatic rings. The van der Waals surface area contributed by atoms with Crippen LogP contribution in [0, 0.1) is 0 Å². The number of benzene rings is 9. The Morgan fingerprint density at radius 2 is 1.02 bits per heavy atom. The summed E-state index contributed by atoms with van der Waals surface area (Å²) in [5.41, 5.74) is 13.1. The number of nitrogens with zero attached hydrogens (tertiary/aromatic N) is 2. The zero-order valence-electron chi connectivity index (χ0n) is 31.3. The Hall–Kier alpha value is -7.40. The maximum absolute atomic E-state index is 6.65. The molecule has 12 aromatic rings. The van der Waals surface area contributed by atoms with Crippen LogP contribution in [0.5, 0.6) is 0 Å². The molecule has 0 aliphatic carbocycles. The predicted octanol–water partition coefficient (Wildman–Crippen LogP) is 15.9. The van der Waals surface area contributed by atoms with Crippen LogP contribution in [0.25, 0.3) is 91.9 Å². The van der Waals surface area contributed by atoms with E-state index in [0.29, 0.717) is 0 Å². The van der Waals surface area contributed by atoms with Crippen molar-refractivity contribution < 1.29 is 4.42 Å². The van der Waals surface area contributed by atoms with Gasteiger partial charge < -0.3 is 13.9 Å². The smallest absolute Gasteiger partial charge is 0.159 e. The average molecular weight is 759 g/mol. The number of fused-ring (bicyclic) bond motifs is 9. The Kier molecular flexibility index (Phi) is 7.40. The zero-order valence-corrected chi connectivity index (χ0v) is 32.2. The largest absolute Gasteiger partial charge is 0.454 e. The Morgan fingerprint density at radius 3 is 1.81 bits per heavy atom. The van der Waals surface area contributed by atoms with Crippen LogP contribution in [-0.2, 0) is 0 Å². The number of aromatic nitrogens is 1. The van der Waals surface area contributed by atoms with Crippen molar-refractivity contribution in [3.8, 4) is 27.9 Å². The van der Waals surface area contributed by atoms with Crippen LogP contribution in [0.15, 0.2) is 211 Å². The van der Waals surface area contributed by atoms with Crippen LogP contribution in [0.2, 0.25) is 0 Å². The lowest BCUT2D eigenvalue weighted by Crippen LogP contribution is -2.10. The molecule has 0 radical (unpaired) electrons. The molecular formula is C54H34N2OS. The highest BCUT2D eigenvalue weighted by atomic mass is 32.1. The van der Waals surface area contributed by atoms with Gasteiger partial charge in [-0.25, -0.2) is 0 Å². The minimum absolute atomic E-state index is 0.872. The van der Waals surface area contributed by atoms with E-state index in [4.69, 9.17) is 4.42 Å². The second kappa shape index (κ2) is 13.1. The highest BCUT2D eigenvalue weighted by molar-refractivity contribution is 7.25. The van der Waals surface area contributed by atoms with Crippen LogP contribution >= 0.6 is 11.3 Å². The number of hydrogen-bond donors (Lipinski definition) is 0. The Morgan fingerprint density at radius 1 is 0.397 bits per heavy atom. The topological polar surface area (TPSA) is 21.3 Å². The van der Waals surface area contributed by atoms with Crippen LogP contribution in [0.4, 0.5) is 17.1 Å². The van der Waals surface area contributed by atoms with Crippen molar-refractivity contribution in [1.29, 1.82) is 0 Å². The van der Waals surface area contributed by atoms with Crippen LogP contribution < -0.4 is 4.90 Å². The van der Waals surface area contributed by atoms with E-state index in [0.717, 1.165) is 55.8 Å². The van der Waals surface area contributed by atoms with Gasteiger partial charge in [0, 0.05) is 58.7 Å². The fourth-order valence-corrected chi connectivity index (χ4v) is 10.1. The molecule has 272 valence electrons. The molecule has 3 heterocycles. The van der Waals surface area contributed by atoms with Gasteiger partial charge >= 0.3 is 0 Å². The zero-order chi connectivity index (χ0) is 38.2. The molecule has 0 aliphatic heterocycles. The Labute approximate surface area is 338 Å². The molecule has 0 unspecified atom stereocenters. The van der Waals surface area contributed by atoms with E-state index in [9.17, 15) is 0 Å². The third kappa shape index (κ3) is 5.12. The third-order valence-corrected chi connectivity index (χ3v) is 12.7. The lowest BCUT2D eigenvalue weighted by atomic mass is 9.97. The molecule has 0 saturated carbocycles. The molecule has 0 saturated heterocycles. The first-order valence-electron chi connectivity index (χ1n) is 19.7. The fraction of sp³-hybridized carbons (Fsp3) is 0. The first kappa shape index (κ1) is 32.8. The molecule has 0 atom stereocenters. The fourth-order valence-electron chi connectivity index (χ4n) is 8.93. The van der Waals surface area contributed by atoms with Gasteiger partial charge in [0.25, 0.3) is 0 Å². The summed E-state index contributed by atoms with van der Waals surface area (Å²) < 4.78 is 11.6. The van der Waals surface area contributed by atoms with E-state index in [2.05, 4.69) is 210 Å². The average Bonchev–Trinajstić information content (AvgIpc) is 3.97. The van der Waals surface area contributed by atoms with Gasteiger partial charge in [0.1, 0.15) is 5.58 Å². The lowest BCUT2D eigenvalue weighted by Gasteiger charge is -2.26. The lowest BCUT2D eigenvalue weighted by molar-refractivity contribution is 0.669. The minimum atomic E-state index is 0.872. The van der Waals surface area contributed by atoms with Crippen molar-refractivity contribution in [1.82, 2.24) is 4.57 Å². The van der Waals surface area contributed by atoms with Crippen molar-refractivity contribution in [3.63, 3.8) is 0 Å². The molecule has 3 nitrogen and oxygen atoms in total. The van der Waals surface area contributed by atoms with Gasteiger partial charge in [-0.3, -0.25) is 0 Å². The van der Waals surface area contributed by atoms with E-state index in [-0.39, 0.29) is 0 Å². The molecule has 0 amide bonds. The first-order chi connectivity index (χ1) is 28.8. The van der Waals surface area contributed by atoms with E-state index in [1.54, 1.807) is 0 Å². The van der Waals surface area contributed by atoms with Gasteiger partial charge in [-0.15, -0.1) is 11.3 Å². The van der Waals surface area contributed by atoms with Crippen LogP contribution in [0.1, 0.15) is 0 Å². The number of hydrogen-bond acceptors (Lipinski definition) is 3. The molecule has 0 spiro atoms. The highest BCUT2D eigenvalue weighted by Crippen LogP contribution is 2.45. The van der Waals surface area contributed by atoms with E-state index in [1.807, 2.05) is 17.4 Å². The monoisotopic (exact) mass is 758 g/mol. The van der Waals surface area contributed by atoms with E-state index >= 15 is 0 Å². The van der Waals surface area contributed by atoms with Gasteiger partial charge in [-0.1, -0.05) is 146 Å². The minimum Gasteiger partial charge on any atom is -0.454 e. The van der Waals surface area contributed by atoms with Crippen molar-refractivity contribution in [2.45, 2.75) is 0 Å². The summed E-state index contributed by atoms with van der Waals surface area (Å²) in [6, 6.07) is 74.4. The molecule has 0 fully saturated rings. The van der Waals surface area contributed by atoms with Gasteiger partial charge in [0.15, 0.2) is 5.58 Å². The summed E-state index contributed by atoms with van der Waals surface area (Å²) in [6.07, 6.45) is 0. The number of furan rings is 1. The van der Waals surface area contributed by atoms with Crippen molar-refractivity contribution in [2.24, 2.45) is 0 Å². The Bertz CT molecular complexity index is 3460. The molecule has 0 N–H and O–H groups in total. The summed E-state index contributed by atoms with van der Waals surface area (Å²) in [4.78, 5) is 2.35. The maximum atomic E-state index is 6.65. The summed E-state index contributed by atoms with van der Waals surface area (Å²) in [7, 11) is 0. The standard InChI is InChI=1S/C54H34N2OS/c1-2-13-36(14-3-1)40-31-27-37(33-50(40)56-47-20-8-4-15-41(47)42-16-5-9-21-48(42)56)35-25-28-38(29-26-35)55(39-30-32-45-44-18-7-11-24-52(44)58-53(45)34-39)49-22-12-19-46-43-17-6-10-23-51(43)57-54(46)49/h1-34H. The molecule has 3 aromatic heterocycles. The third-order valence-electron chi connectivity index (χ3n) is 11.6. The number of rotatable bonds is 6. The predicted molar refractivity (Wildman–Crippen MR) is 247 cm³/mol. The number of anilines is 3.